The quantitative estimate of drug-likeness (QED) is 0.593. The van der Waals surface area contributed by atoms with Gasteiger partial charge in [0.1, 0.15) is 0 Å². The summed E-state index contributed by atoms with van der Waals surface area (Å²) in [5.74, 6) is 0. The van der Waals surface area contributed by atoms with Gasteiger partial charge in [-0.25, -0.2) is 0 Å². The first kappa shape index (κ1) is 20.3. The Morgan fingerprint density at radius 3 is 1.48 bits per heavy atom. The molecular formula is C24H41N. The van der Waals surface area contributed by atoms with E-state index in [-0.39, 0.29) is 16.2 Å². The minimum atomic E-state index is 0.137. The van der Waals surface area contributed by atoms with E-state index in [9.17, 15) is 0 Å². The first-order valence-electron chi connectivity index (χ1n) is 10.3. The van der Waals surface area contributed by atoms with Gasteiger partial charge in [0.05, 0.1) is 0 Å². The summed E-state index contributed by atoms with van der Waals surface area (Å²) in [5, 5.41) is 4.01. The van der Waals surface area contributed by atoms with Crippen LogP contribution < -0.4 is 5.32 Å². The SMILES string of the molecule is CC(C)(C)c1cc(C(C)(C)C)c(NC2CCCCC2)c(C(C)(C)C)c1. The molecule has 0 unspecified atom stereocenters. The van der Waals surface area contributed by atoms with Crippen molar-refractivity contribution in [3.63, 3.8) is 0 Å². The average Bonchev–Trinajstić information content (AvgIpc) is 2.45. The maximum atomic E-state index is 4.01. The summed E-state index contributed by atoms with van der Waals surface area (Å²) in [7, 11) is 0. The van der Waals surface area contributed by atoms with Crippen molar-refractivity contribution in [2.45, 2.75) is 117 Å². The Balaban J connectivity index is 2.63. The Bertz CT molecular complexity index is 549. The number of hydrogen-bond donors (Lipinski definition) is 1. The maximum absolute atomic E-state index is 4.01. The molecule has 1 aromatic carbocycles. The van der Waals surface area contributed by atoms with Gasteiger partial charge in [0.25, 0.3) is 0 Å². The molecule has 1 fully saturated rings. The lowest BCUT2D eigenvalue weighted by Crippen LogP contribution is -2.29. The molecule has 25 heavy (non-hydrogen) atoms. The van der Waals surface area contributed by atoms with Crippen LogP contribution in [0.1, 0.15) is 111 Å². The molecule has 0 radical (unpaired) electrons. The Morgan fingerprint density at radius 1 is 0.680 bits per heavy atom. The van der Waals surface area contributed by atoms with Gasteiger partial charge < -0.3 is 5.32 Å². The summed E-state index contributed by atoms with van der Waals surface area (Å²) in [6, 6.07) is 5.58. The van der Waals surface area contributed by atoms with Crippen LogP contribution in [0.4, 0.5) is 5.69 Å². The highest BCUT2D eigenvalue weighted by Gasteiger charge is 2.30. The molecule has 0 atom stereocenters. The van der Waals surface area contributed by atoms with Crippen LogP contribution in [0, 0.1) is 0 Å². The van der Waals surface area contributed by atoms with Crippen LogP contribution >= 0.6 is 0 Å². The number of hydrogen-bond acceptors (Lipinski definition) is 1. The summed E-state index contributed by atoms with van der Waals surface area (Å²) >= 11 is 0. The lowest BCUT2D eigenvalue weighted by atomic mass is 9.74. The molecule has 1 aromatic rings. The van der Waals surface area contributed by atoms with Gasteiger partial charge >= 0.3 is 0 Å². The summed E-state index contributed by atoms with van der Waals surface area (Å²) in [5.41, 5.74) is 6.28. The van der Waals surface area contributed by atoms with Crippen molar-refractivity contribution in [2.75, 3.05) is 5.32 Å². The third-order valence-corrected chi connectivity index (χ3v) is 5.57. The molecule has 1 heteroatoms. The molecule has 0 saturated heterocycles. The fourth-order valence-electron chi connectivity index (χ4n) is 3.86. The molecule has 0 spiro atoms. The van der Waals surface area contributed by atoms with Crippen molar-refractivity contribution in [1.82, 2.24) is 0 Å². The second kappa shape index (κ2) is 6.97. The van der Waals surface area contributed by atoms with E-state index in [1.165, 1.54) is 54.5 Å². The minimum Gasteiger partial charge on any atom is -0.382 e. The van der Waals surface area contributed by atoms with E-state index in [0.717, 1.165) is 0 Å². The summed E-state index contributed by atoms with van der Waals surface area (Å²) in [6.45, 7) is 21.1. The van der Waals surface area contributed by atoms with Gasteiger partial charge in [-0.2, -0.15) is 0 Å². The zero-order chi connectivity index (χ0) is 19.0. The zero-order valence-corrected chi connectivity index (χ0v) is 18.3. The van der Waals surface area contributed by atoms with Crippen molar-refractivity contribution in [3.05, 3.63) is 28.8 Å². The van der Waals surface area contributed by atoms with Crippen molar-refractivity contribution < 1.29 is 0 Å². The second-order valence-corrected chi connectivity index (χ2v) is 11.2. The van der Waals surface area contributed by atoms with E-state index < -0.39 is 0 Å². The Kier molecular flexibility index (Phi) is 5.67. The zero-order valence-electron chi connectivity index (χ0n) is 18.3. The largest absolute Gasteiger partial charge is 0.382 e. The van der Waals surface area contributed by atoms with Crippen LogP contribution in [0.5, 0.6) is 0 Å². The van der Waals surface area contributed by atoms with Gasteiger partial charge in [-0.15, -0.1) is 0 Å². The van der Waals surface area contributed by atoms with Crippen LogP contribution in [0.25, 0.3) is 0 Å². The summed E-state index contributed by atoms with van der Waals surface area (Å²) < 4.78 is 0. The number of benzene rings is 1. The smallest absolute Gasteiger partial charge is 0.0418 e. The van der Waals surface area contributed by atoms with Crippen molar-refractivity contribution >= 4 is 5.69 Å². The van der Waals surface area contributed by atoms with Gasteiger partial charge in [-0.1, -0.05) is 93.7 Å². The maximum Gasteiger partial charge on any atom is 0.0418 e. The molecule has 0 amide bonds. The van der Waals surface area contributed by atoms with Crippen LogP contribution in [-0.2, 0) is 16.2 Å². The highest BCUT2D eigenvalue weighted by atomic mass is 14.9. The van der Waals surface area contributed by atoms with Gasteiger partial charge in [-0.05, 0) is 45.8 Å². The van der Waals surface area contributed by atoms with Crippen molar-refractivity contribution in [2.24, 2.45) is 0 Å². The average molecular weight is 344 g/mol. The van der Waals surface area contributed by atoms with Crippen LogP contribution in [0.2, 0.25) is 0 Å². The number of rotatable bonds is 2. The molecule has 1 N–H and O–H groups in total. The van der Waals surface area contributed by atoms with Gasteiger partial charge in [0.15, 0.2) is 0 Å². The van der Waals surface area contributed by atoms with E-state index >= 15 is 0 Å². The Hall–Kier alpha value is -0.980. The number of anilines is 1. The van der Waals surface area contributed by atoms with E-state index in [1.807, 2.05) is 0 Å². The molecule has 1 nitrogen and oxygen atoms in total. The van der Waals surface area contributed by atoms with Gasteiger partial charge in [0, 0.05) is 11.7 Å². The molecule has 1 aliphatic rings. The molecular weight excluding hydrogens is 302 g/mol. The minimum absolute atomic E-state index is 0.137. The van der Waals surface area contributed by atoms with Gasteiger partial charge in [0.2, 0.25) is 0 Å². The molecule has 0 bridgehead atoms. The van der Waals surface area contributed by atoms with E-state index in [0.29, 0.717) is 6.04 Å². The fourth-order valence-corrected chi connectivity index (χ4v) is 3.86. The van der Waals surface area contributed by atoms with Gasteiger partial charge in [-0.3, -0.25) is 0 Å². The van der Waals surface area contributed by atoms with E-state index in [1.54, 1.807) is 0 Å². The van der Waals surface area contributed by atoms with E-state index in [2.05, 4.69) is 79.8 Å². The summed E-state index contributed by atoms with van der Waals surface area (Å²) in [6.07, 6.45) is 6.77. The third-order valence-electron chi connectivity index (χ3n) is 5.57. The van der Waals surface area contributed by atoms with Crippen LogP contribution in [-0.4, -0.2) is 6.04 Å². The Morgan fingerprint density at radius 2 is 1.12 bits per heavy atom. The van der Waals surface area contributed by atoms with Crippen LogP contribution in [0.3, 0.4) is 0 Å². The summed E-state index contributed by atoms with van der Waals surface area (Å²) in [4.78, 5) is 0. The fraction of sp³-hybridized carbons (Fsp3) is 0.750. The molecule has 0 heterocycles. The van der Waals surface area contributed by atoms with Crippen LogP contribution in [0.15, 0.2) is 12.1 Å². The second-order valence-electron chi connectivity index (χ2n) is 11.2. The molecule has 142 valence electrons. The monoisotopic (exact) mass is 343 g/mol. The molecule has 1 saturated carbocycles. The normalized spacial score (nSPS) is 17.6. The topological polar surface area (TPSA) is 12.0 Å². The standard InChI is InChI=1S/C24H41N/c1-22(2,3)17-15-19(23(4,5)6)21(20(16-17)24(7,8)9)25-18-13-11-10-12-14-18/h15-16,18,25H,10-14H2,1-9H3. The first-order valence-corrected chi connectivity index (χ1v) is 10.3. The molecule has 0 aliphatic heterocycles. The lowest BCUT2D eigenvalue weighted by molar-refractivity contribution is 0.459. The highest BCUT2D eigenvalue weighted by Crippen LogP contribution is 2.42. The Labute approximate surface area is 157 Å². The van der Waals surface area contributed by atoms with Crippen molar-refractivity contribution in [1.29, 1.82) is 0 Å². The predicted molar refractivity (Wildman–Crippen MR) is 113 cm³/mol. The highest BCUT2D eigenvalue weighted by molar-refractivity contribution is 5.65. The van der Waals surface area contributed by atoms with Crippen molar-refractivity contribution in [3.8, 4) is 0 Å². The predicted octanol–water partition coefficient (Wildman–Crippen LogP) is 7.32. The first-order chi connectivity index (χ1) is 11.3. The third kappa shape index (κ3) is 5.02. The van der Waals surface area contributed by atoms with E-state index in [4.69, 9.17) is 0 Å². The lowest BCUT2D eigenvalue weighted by Gasteiger charge is -2.36. The number of nitrogens with one attached hydrogen (secondary N) is 1. The molecule has 0 aromatic heterocycles. The molecule has 2 rings (SSSR count). The molecule has 1 aliphatic carbocycles.